The molecule has 39 heavy (non-hydrogen) atoms. The number of carbonyl (C=O) groups is 2. The molecule has 1 amide bonds. The van der Waals surface area contributed by atoms with E-state index in [0.29, 0.717) is 29.9 Å². The molecule has 3 heterocycles. The van der Waals surface area contributed by atoms with Crippen LogP contribution in [0, 0.1) is 5.82 Å². The van der Waals surface area contributed by atoms with Crippen molar-refractivity contribution in [3.63, 3.8) is 0 Å². The fraction of sp³-hybridized carbons (Fsp3) is 0.276. The molecule has 2 aromatic carbocycles. The molecule has 0 radical (unpaired) electrons. The van der Waals surface area contributed by atoms with Gasteiger partial charge in [-0.3, -0.25) is 4.79 Å². The van der Waals surface area contributed by atoms with Crippen molar-refractivity contribution in [2.24, 2.45) is 0 Å². The number of para-hydroxylation sites is 1. The van der Waals surface area contributed by atoms with E-state index in [1.165, 1.54) is 24.4 Å². The van der Waals surface area contributed by atoms with E-state index in [9.17, 15) is 14.0 Å². The number of aromatic nitrogens is 3. The molecule has 0 saturated carbocycles. The van der Waals surface area contributed by atoms with E-state index < -0.39 is 17.5 Å². The van der Waals surface area contributed by atoms with Gasteiger partial charge in [0.2, 0.25) is 11.8 Å². The highest BCUT2D eigenvalue weighted by molar-refractivity contribution is 5.95. The molecule has 1 fully saturated rings. The molecule has 9 nitrogen and oxygen atoms in total. The Kier molecular flexibility index (Phi) is 7.10. The third-order valence-electron chi connectivity index (χ3n) is 5.96. The monoisotopic (exact) mass is 530 g/mol. The van der Waals surface area contributed by atoms with Crippen LogP contribution in [0.15, 0.2) is 65.2 Å². The van der Waals surface area contributed by atoms with Gasteiger partial charge in [-0.15, -0.1) is 0 Å². The number of fused-ring (bicyclic) bond motifs is 1. The van der Waals surface area contributed by atoms with Crippen molar-refractivity contribution in [3.05, 3.63) is 72.2 Å². The van der Waals surface area contributed by atoms with Crippen LogP contribution >= 0.6 is 0 Å². The number of hydrogen-bond acceptors (Lipinski definition) is 8. The summed E-state index contributed by atoms with van der Waals surface area (Å²) in [6, 6.07) is 12.6. The fourth-order valence-corrected chi connectivity index (χ4v) is 4.16. The summed E-state index contributed by atoms with van der Waals surface area (Å²) in [6.45, 7) is 5.94. The Bertz CT molecular complexity index is 1540. The van der Waals surface area contributed by atoms with Crippen LogP contribution in [-0.2, 0) is 14.3 Å². The van der Waals surface area contributed by atoms with Crippen molar-refractivity contribution in [1.82, 2.24) is 19.9 Å². The number of oxazole rings is 1. The van der Waals surface area contributed by atoms with Crippen LogP contribution < -0.4 is 4.74 Å². The van der Waals surface area contributed by atoms with E-state index in [0.717, 1.165) is 12.0 Å². The minimum Gasteiger partial charge on any atom is -0.458 e. The van der Waals surface area contributed by atoms with Gasteiger partial charge in [0.05, 0.1) is 6.20 Å². The lowest BCUT2D eigenvalue weighted by Gasteiger charge is -2.26. The minimum atomic E-state index is -0.606. The third kappa shape index (κ3) is 6.11. The van der Waals surface area contributed by atoms with Crippen LogP contribution in [0.4, 0.5) is 4.39 Å². The molecule has 4 aromatic rings. The lowest BCUT2D eigenvalue weighted by Crippen LogP contribution is -2.42. The van der Waals surface area contributed by atoms with Crippen LogP contribution in [0.2, 0.25) is 0 Å². The lowest BCUT2D eigenvalue weighted by atomic mass is 10.1. The van der Waals surface area contributed by atoms with Crippen LogP contribution in [0.1, 0.15) is 39.2 Å². The number of benzene rings is 2. The van der Waals surface area contributed by atoms with Crippen molar-refractivity contribution in [3.8, 4) is 23.2 Å². The van der Waals surface area contributed by atoms with E-state index in [1.807, 2.05) is 32.9 Å². The first kappa shape index (κ1) is 26.0. The summed E-state index contributed by atoms with van der Waals surface area (Å²) in [4.78, 5) is 39.6. The zero-order valence-electron chi connectivity index (χ0n) is 21.8. The first-order valence-electron chi connectivity index (χ1n) is 12.5. The predicted molar refractivity (Wildman–Crippen MR) is 141 cm³/mol. The second-order valence-electron chi connectivity index (χ2n) is 10.1. The third-order valence-corrected chi connectivity index (χ3v) is 5.96. The fourth-order valence-electron chi connectivity index (χ4n) is 4.16. The highest BCUT2D eigenvalue weighted by Gasteiger charge is 2.36. The zero-order chi connectivity index (χ0) is 27.6. The molecule has 0 spiro atoms. The summed E-state index contributed by atoms with van der Waals surface area (Å²) in [5, 5.41) is 0. The number of esters is 1. The maximum atomic E-state index is 13.9. The summed E-state index contributed by atoms with van der Waals surface area (Å²) in [7, 11) is 0. The Morgan fingerprint density at radius 2 is 1.87 bits per heavy atom. The average molecular weight is 531 g/mol. The summed E-state index contributed by atoms with van der Waals surface area (Å²) >= 11 is 0. The van der Waals surface area contributed by atoms with E-state index in [1.54, 1.807) is 35.2 Å². The Labute approximate surface area is 224 Å². The van der Waals surface area contributed by atoms with Crippen LogP contribution in [0.3, 0.4) is 0 Å². The first-order valence-corrected chi connectivity index (χ1v) is 12.5. The van der Waals surface area contributed by atoms with Crippen molar-refractivity contribution in [2.45, 2.75) is 45.3 Å². The Balaban J connectivity index is 1.25. The van der Waals surface area contributed by atoms with E-state index in [2.05, 4.69) is 15.0 Å². The SMILES string of the molecule is CC(C)(C)OC(=O)C1CCCN1C(=O)C=Cc1ccc(-c2nc3cnc(Oc4ccccc4F)nc3o2)cc1. The lowest BCUT2D eigenvalue weighted by molar-refractivity contribution is -0.162. The molecule has 1 aliphatic heterocycles. The Morgan fingerprint density at radius 3 is 2.62 bits per heavy atom. The van der Waals surface area contributed by atoms with Crippen LogP contribution in [-0.4, -0.2) is 49.9 Å². The number of ether oxygens (including phenoxy) is 2. The van der Waals surface area contributed by atoms with Gasteiger partial charge in [-0.1, -0.05) is 24.3 Å². The van der Waals surface area contributed by atoms with Crippen molar-refractivity contribution >= 4 is 29.2 Å². The Hall–Kier alpha value is -4.60. The van der Waals surface area contributed by atoms with Crippen LogP contribution in [0.5, 0.6) is 11.8 Å². The molecule has 1 unspecified atom stereocenters. The molecule has 0 aliphatic carbocycles. The maximum Gasteiger partial charge on any atom is 0.329 e. The molecule has 10 heteroatoms. The van der Waals surface area contributed by atoms with E-state index >= 15 is 0 Å². The van der Waals surface area contributed by atoms with Gasteiger partial charge in [-0.2, -0.15) is 4.98 Å². The molecule has 5 rings (SSSR count). The summed E-state index contributed by atoms with van der Waals surface area (Å²) in [5.41, 5.74) is 1.50. The van der Waals surface area contributed by atoms with Crippen molar-refractivity contribution < 1.29 is 27.9 Å². The number of nitrogens with zero attached hydrogens (tertiary/aromatic N) is 4. The summed E-state index contributed by atoms with van der Waals surface area (Å²) in [5.74, 6) is -0.813. The number of hydrogen-bond donors (Lipinski definition) is 0. The highest BCUT2D eigenvalue weighted by Crippen LogP contribution is 2.27. The summed E-state index contributed by atoms with van der Waals surface area (Å²) < 4.78 is 30.5. The van der Waals surface area contributed by atoms with Gasteiger partial charge in [0.1, 0.15) is 17.2 Å². The summed E-state index contributed by atoms with van der Waals surface area (Å²) in [6.07, 6.45) is 5.94. The molecule has 1 aliphatic rings. The smallest absolute Gasteiger partial charge is 0.329 e. The molecule has 2 aromatic heterocycles. The van der Waals surface area contributed by atoms with Crippen molar-refractivity contribution in [2.75, 3.05) is 6.54 Å². The second kappa shape index (κ2) is 10.6. The van der Waals surface area contributed by atoms with Gasteiger partial charge in [0, 0.05) is 18.2 Å². The Morgan fingerprint density at radius 1 is 1.10 bits per heavy atom. The normalized spacial score (nSPS) is 15.7. The van der Waals surface area contributed by atoms with Crippen LogP contribution in [0.25, 0.3) is 28.8 Å². The average Bonchev–Trinajstić information content (AvgIpc) is 3.55. The van der Waals surface area contributed by atoms with Gasteiger partial charge in [-0.05, 0) is 69.5 Å². The number of likely N-dealkylation sites (tertiary alicyclic amines) is 1. The molecule has 0 N–H and O–H groups in total. The van der Waals surface area contributed by atoms with E-state index in [-0.39, 0.29) is 29.3 Å². The maximum absolute atomic E-state index is 13.9. The van der Waals surface area contributed by atoms with Crippen molar-refractivity contribution in [1.29, 1.82) is 0 Å². The minimum absolute atomic E-state index is 0.00352. The number of amides is 1. The molecular formula is C29H27FN4O5. The van der Waals surface area contributed by atoms with Gasteiger partial charge in [0.15, 0.2) is 11.6 Å². The van der Waals surface area contributed by atoms with E-state index in [4.69, 9.17) is 13.9 Å². The van der Waals surface area contributed by atoms with Gasteiger partial charge in [0.25, 0.3) is 5.71 Å². The second-order valence-corrected chi connectivity index (χ2v) is 10.1. The molecule has 1 saturated heterocycles. The number of rotatable bonds is 6. The van der Waals surface area contributed by atoms with Gasteiger partial charge < -0.3 is 18.8 Å². The molecule has 1 atom stereocenters. The number of carbonyl (C=O) groups excluding carboxylic acids is 2. The molecule has 200 valence electrons. The topological polar surface area (TPSA) is 108 Å². The van der Waals surface area contributed by atoms with Gasteiger partial charge in [-0.25, -0.2) is 19.2 Å². The molecule has 0 bridgehead atoms. The quantitative estimate of drug-likeness (QED) is 0.235. The first-order chi connectivity index (χ1) is 18.7. The largest absolute Gasteiger partial charge is 0.458 e. The highest BCUT2D eigenvalue weighted by atomic mass is 19.1. The molecular weight excluding hydrogens is 503 g/mol. The predicted octanol–water partition coefficient (Wildman–Crippen LogP) is 5.56. The number of halogens is 1. The standard InChI is InChI=1S/C29H27FN4O5/c1-29(2,3)39-27(36)22-8-6-16-34(22)24(35)15-12-18-10-13-19(14-11-18)25-32-21-17-31-28(33-26(21)38-25)37-23-9-5-4-7-20(23)30/h4-5,7,9-15,17,22H,6,8,16H2,1-3H3. The zero-order valence-corrected chi connectivity index (χ0v) is 21.8. The van der Waals surface area contributed by atoms with Gasteiger partial charge >= 0.3 is 12.0 Å².